The molecule has 0 amide bonds. The van der Waals surface area contributed by atoms with Gasteiger partial charge >= 0.3 is 5.97 Å². The standard InChI is InChI=1S/C27H28ClNO5S/c28-23-13-9-12-21(18-23)24-19-22(27(32)20-10-5-4-6-11-20)15-16-25(24)35(33,34)29-17-8-3-1-2-7-14-26(30)31/h4-6,9-13,15-16,18-19,29H,1-3,7-8,14,17H2,(H,30,31). The lowest BCUT2D eigenvalue weighted by Gasteiger charge is -2.14. The fourth-order valence-electron chi connectivity index (χ4n) is 3.76. The number of carboxylic acid groups (broad SMARTS) is 1. The zero-order valence-electron chi connectivity index (χ0n) is 19.2. The Hall–Kier alpha value is -3.00. The van der Waals surface area contributed by atoms with Gasteiger partial charge in [-0.25, -0.2) is 13.1 Å². The summed E-state index contributed by atoms with van der Waals surface area (Å²) < 4.78 is 29.0. The van der Waals surface area contributed by atoms with Crippen molar-refractivity contribution >= 4 is 33.4 Å². The molecule has 184 valence electrons. The molecule has 0 saturated carbocycles. The summed E-state index contributed by atoms with van der Waals surface area (Å²) in [4.78, 5) is 23.6. The number of hydrogen-bond acceptors (Lipinski definition) is 4. The highest BCUT2D eigenvalue weighted by atomic mass is 35.5. The van der Waals surface area contributed by atoms with Crippen LogP contribution in [-0.2, 0) is 14.8 Å². The second kappa shape index (κ2) is 12.6. The van der Waals surface area contributed by atoms with Crippen molar-refractivity contribution < 1.29 is 23.1 Å². The van der Waals surface area contributed by atoms with E-state index in [1.165, 1.54) is 12.1 Å². The number of carbonyl (C=O) groups is 2. The minimum atomic E-state index is -3.85. The number of halogens is 1. The molecular formula is C27H28ClNO5S. The second-order valence-corrected chi connectivity index (χ2v) is 10.4. The highest BCUT2D eigenvalue weighted by molar-refractivity contribution is 7.89. The van der Waals surface area contributed by atoms with Crippen molar-refractivity contribution in [3.63, 3.8) is 0 Å². The number of benzene rings is 3. The van der Waals surface area contributed by atoms with Gasteiger partial charge in [-0.05, 0) is 48.7 Å². The van der Waals surface area contributed by atoms with Crippen LogP contribution in [0.3, 0.4) is 0 Å². The predicted octanol–water partition coefficient (Wildman–Crippen LogP) is 5.94. The summed E-state index contributed by atoms with van der Waals surface area (Å²) in [6.45, 7) is 0.265. The zero-order chi connectivity index (χ0) is 25.3. The van der Waals surface area contributed by atoms with Crippen molar-refractivity contribution in [2.45, 2.75) is 43.4 Å². The molecule has 3 rings (SSSR count). The Morgan fingerprint density at radius 3 is 2.23 bits per heavy atom. The zero-order valence-corrected chi connectivity index (χ0v) is 20.8. The summed E-state index contributed by atoms with van der Waals surface area (Å²) in [5.74, 6) is -1.00. The maximum Gasteiger partial charge on any atom is 0.303 e. The van der Waals surface area contributed by atoms with Gasteiger partial charge in [-0.1, -0.05) is 73.3 Å². The highest BCUT2D eigenvalue weighted by Gasteiger charge is 2.21. The molecule has 0 aromatic heterocycles. The van der Waals surface area contributed by atoms with Crippen LogP contribution in [0, 0.1) is 0 Å². The van der Waals surface area contributed by atoms with Gasteiger partial charge in [-0.3, -0.25) is 9.59 Å². The van der Waals surface area contributed by atoms with Gasteiger partial charge in [0, 0.05) is 34.7 Å². The molecule has 0 aliphatic rings. The van der Waals surface area contributed by atoms with Crippen LogP contribution >= 0.6 is 11.6 Å². The average Bonchev–Trinajstić information content (AvgIpc) is 2.85. The minimum Gasteiger partial charge on any atom is -0.481 e. The monoisotopic (exact) mass is 513 g/mol. The summed E-state index contributed by atoms with van der Waals surface area (Å²) in [5, 5.41) is 9.13. The molecule has 0 aliphatic heterocycles. The Balaban J connectivity index is 1.78. The van der Waals surface area contributed by atoms with Crippen LogP contribution < -0.4 is 4.72 Å². The number of unbranched alkanes of at least 4 members (excludes halogenated alkanes) is 4. The quantitative estimate of drug-likeness (QED) is 0.217. The Morgan fingerprint density at radius 1 is 0.800 bits per heavy atom. The molecular weight excluding hydrogens is 486 g/mol. The van der Waals surface area contributed by atoms with Crippen molar-refractivity contribution in [1.82, 2.24) is 4.72 Å². The number of hydrogen-bond donors (Lipinski definition) is 2. The molecule has 0 saturated heterocycles. The van der Waals surface area contributed by atoms with Crippen LogP contribution in [0.1, 0.15) is 54.4 Å². The molecule has 0 aliphatic carbocycles. The van der Waals surface area contributed by atoms with Gasteiger partial charge in [0.05, 0.1) is 4.90 Å². The van der Waals surface area contributed by atoms with Gasteiger partial charge in [0.15, 0.2) is 5.78 Å². The van der Waals surface area contributed by atoms with E-state index in [1.54, 1.807) is 54.6 Å². The molecule has 0 fully saturated rings. The second-order valence-electron chi connectivity index (χ2n) is 8.23. The minimum absolute atomic E-state index is 0.0748. The van der Waals surface area contributed by atoms with Crippen molar-refractivity contribution in [2.24, 2.45) is 0 Å². The summed E-state index contributed by atoms with van der Waals surface area (Å²) in [6.07, 6.45) is 3.87. The smallest absolute Gasteiger partial charge is 0.303 e. The van der Waals surface area contributed by atoms with Crippen LogP contribution in [0.5, 0.6) is 0 Å². The van der Waals surface area contributed by atoms with Crippen molar-refractivity contribution in [2.75, 3.05) is 6.54 Å². The lowest BCUT2D eigenvalue weighted by Crippen LogP contribution is -2.25. The van der Waals surface area contributed by atoms with E-state index < -0.39 is 16.0 Å². The molecule has 0 radical (unpaired) electrons. The third-order valence-corrected chi connectivity index (χ3v) is 7.32. The van der Waals surface area contributed by atoms with Gasteiger partial charge in [0.2, 0.25) is 10.0 Å². The van der Waals surface area contributed by atoms with E-state index in [0.29, 0.717) is 40.1 Å². The molecule has 3 aromatic rings. The van der Waals surface area contributed by atoms with E-state index in [1.807, 2.05) is 6.07 Å². The third kappa shape index (κ3) is 7.75. The first-order valence-corrected chi connectivity index (χ1v) is 13.4. The van der Waals surface area contributed by atoms with Crippen LogP contribution in [0.4, 0.5) is 0 Å². The molecule has 6 nitrogen and oxygen atoms in total. The van der Waals surface area contributed by atoms with E-state index >= 15 is 0 Å². The van der Waals surface area contributed by atoms with E-state index in [0.717, 1.165) is 19.3 Å². The van der Waals surface area contributed by atoms with Gasteiger partial charge in [0.25, 0.3) is 0 Å². The fraction of sp³-hybridized carbons (Fsp3) is 0.259. The van der Waals surface area contributed by atoms with Gasteiger partial charge in [-0.15, -0.1) is 0 Å². The number of sulfonamides is 1. The summed E-state index contributed by atoms with van der Waals surface area (Å²) in [7, 11) is -3.85. The Bertz CT molecular complexity index is 1280. The topological polar surface area (TPSA) is 101 Å². The molecule has 8 heteroatoms. The molecule has 0 unspecified atom stereocenters. The molecule has 35 heavy (non-hydrogen) atoms. The molecule has 0 heterocycles. The van der Waals surface area contributed by atoms with E-state index in [-0.39, 0.29) is 23.6 Å². The largest absolute Gasteiger partial charge is 0.481 e. The average molecular weight is 514 g/mol. The maximum absolute atomic E-state index is 13.2. The fourth-order valence-corrected chi connectivity index (χ4v) is 5.23. The Labute approximate surface area is 211 Å². The number of nitrogens with one attached hydrogen (secondary N) is 1. The molecule has 2 N–H and O–H groups in total. The van der Waals surface area contributed by atoms with Crippen LogP contribution in [0.2, 0.25) is 5.02 Å². The summed E-state index contributed by atoms with van der Waals surface area (Å²) in [5.41, 5.74) is 1.89. The van der Waals surface area contributed by atoms with E-state index in [4.69, 9.17) is 16.7 Å². The van der Waals surface area contributed by atoms with Crippen molar-refractivity contribution in [3.8, 4) is 11.1 Å². The Kier molecular flexibility index (Phi) is 9.60. The van der Waals surface area contributed by atoms with Gasteiger partial charge in [0.1, 0.15) is 0 Å². The van der Waals surface area contributed by atoms with Gasteiger partial charge in [-0.2, -0.15) is 0 Å². The summed E-state index contributed by atoms with van der Waals surface area (Å²) >= 11 is 6.17. The lowest BCUT2D eigenvalue weighted by molar-refractivity contribution is -0.137. The highest BCUT2D eigenvalue weighted by Crippen LogP contribution is 2.31. The number of aliphatic carboxylic acids is 1. The third-order valence-electron chi connectivity index (χ3n) is 5.56. The number of carboxylic acids is 1. The summed E-state index contributed by atoms with van der Waals surface area (Å²) in [6, 6.07) is 20.3. The van der Waals surface area contributed by atoms with E-state index in [9.17, 15) is 18.0 Å². The van der Waals surface area contributed by atoms with Gasteiger partial charge < -0.3 is 5.11 Å². The predicted molar refractivity (Wildman–Crippen MR) is 137 cm³/mol. The number of ketones is 1. The maximum atomic E-state index is 13.2. The first-order valence-electron chi connectivity index (χ1n) is 11.5. The number of rotatable bonds is 13. The molecule has 3 aromatic carbocycles. The molecule has 0 bridgehead atoms. The lowest BCUT2D eigenvalue weighted by atomic mass is 9.98. The first kappa shape index (κ1) is 26.6. The normalized spacial score (nSPS) is 11.3. The van der Waals surface area contributed by atoms with E-state index in [2.05, 4.69) is 4.72 Å². The molecule has 0 spiro atoms. The van der Waals surface area contributed by atoms with Crippen LogP contribution in [0.25, 0.3) is 11.1 Å². The molecule has 0 atom stereocenters. The first-order chi connectivity index (χ1) is 16.8. The SMILES string of the molecule is O=C(O)CCCCCCCNS(=O)(=O)c1ccc(C(=O)c2ccccc2)cc1-c1cccc(Cl)c1. The van der Waals surface area contributed by atoms with Crippen LogP contribution in [0.15, 0.2) is 77.7 Å². The van der Waals surface area contributed by atoms with Crippen molar-refractivity contribution in [1.29, 1.82) is 0 Å². The van der Waals surface area contributed by atoms with Crippen molar-refractivity contribution in [3.05, 3.63) is 88.9 Å². The number of carbonyl (C=O) groups excluding carboxylic acids is 1. The Morgan fingerprint density at radius 2 is 1.51 bits per heavy atom. The van der Waals surface area contributed by atoms with Crippen LogP contribution in [-0.4, -0.2) is 31.8 Å².